The molecule has 0 atom stereocenters. The molecule has 0 aliphatic carbocycles. The molecule has 0 saturated carbocycles. The van der Waals surface area contributed by atoms with Gasteiger partial charge in [0.25, 0.3) is 10.0 Å². The maximum atomic E-state index is 12.5. The number of rotatable bonds is 6. The topological polar surface area (TPSA) is 93.1 Å². The van der Waals surface area contributed by atoms with Gasteiger partial charge in [-0.05, 0) is 37.4 Å². The Balaban J connectivity index is 1.79. The fourth-order valence-corrected chi connectivity index (χ4v) is 4.79. The lowest BCUT2D eigenvalue weighted by atomic mass is 10.1. The van der Waals surface area contributed by atoms with Crippen LogP contribution in [0.1, 0.15) is 17.0 Å². The summed E-state index contributed by atoms with van der Waals surface area (Å²) in [6.07, 6.45) is 0.164. The predicted octanol–water partition coefficient (Wildman–Crippen LogP) is 3.08. The molecule has 2 heterocycles. The van der Waals surface area contributed by atoms with E-state index in [2.05, 4.69) is 15.1 Å². The molecule has 9 heteroatoms. The van der Waals surface area contributed by atoms with Gasteiger partial charge in [-0.25, -0.2) is 8.42 Å². The van der Waals surface area contributed by atoms with Crippen LogP contribution in [0.2, 0.25) is 0 Å². The smallest absolute Gasteiger partial charge is 0.271 e. The van der Waals surface area contributed by atoms with E-state index in [0.717, 1.165) is 28.3 Å². The number of sulfonamides is 1. The molecular formula is C18H20N4O3S2. The van der Waals surface area contributed by atoms with E-state index in [4.69, 9.17) is 0 Å². The Morgan fingerprint density at radius 2 is 1.85 bits per heavy atom. The molecule has 0 aliphatic heterocycles. The fourth-order valence-electron chi connectivity index (χ4n) is 2.72. The Labute approximate surface area is 162 Å². The number of nitrogens with zero attached hydrogens (tertiary/aromatic N) is 2. The molecule has 0 spiro atoms. The molecule has 3 aromatic rings. The van der Waals surface area contributed by atoms with Gasteiger partial charge >= 0.3 is 0 Å². The summed E-state index contributed by atoms with van der Waals surface area (Å²) in [4.78, 5) is 12.5. The second kappa shape index (κ2) is 7.53. The summed E-state index contributed by atoms with van der Waals surface area (Å²) in [7, 11) is -1.86. The van der Waals surface area contributed by atoms with Crippen molar-refractivity contribution in [2.24, 2.45) is 7.05 Å². The zero-order chi connectivity index (χ0) is 19.6. The molecule has 0 saturated heterocycles. The minimum atomic E-state index is -3.69. The van der Waals surface area contributed by atoms with Crippen LogP contribution in [-0.4, -0.2) is 24.1 Å². The molecule has 2 aromatic heterocycles. The molecule has 1 amide bonds. The first-order valence-corrected chi connectivity index (χ1v) is 10.6. The van der Waals surface area contributed by atoms with E-state index >= 15 is 0 Å². The zero-order valence-electron chi connectivity index (χ0n) is 15.2. The van der Waals surface area contributed by atoms with Gasteiger partial charge in [-0.15, -0.1) is 11.3 Å². The molecule has 3 rings (SSSR count). The van der Waals surface area contributed by atoms with Crippen molar-refractivity contribution < 1.29 is 13.2 Å². The quantitative estimate of drug-likeness (QED) is 0.660. The fraction of sp³-hybridized carbons (Fsp3) is 0.222. The molecule has 2 N–H and O–H groups in total. The first-order chi connectivity index (χ1) is 12.8. The monoisotopic (exact) mass is 404 g/mol. The van der Waals surface area contributed by atoms with Gasteiger partial charge in [0.1, 0.15) is 4.21 Å². The molecule has 142 valence electrons. The van der Waals surface area contributed by atoms with Crippen LogP contribution in [0.25, 0.3) is 0 Å². The van der Waals surface area contributed by atoms with E-state index in [-0.39, 0.29) is 16.5 Å². The SMILES string of the molecule is Cc1nn(C)c(C)c1CC(=O)Nc1ccccc1NS(=O)(=O)c1cccs1. The van der Waals surface area contributed by atoms with Crippen molar-refractivity contribution in [3.05, 3.63) is 58.7 Å². The number of hydrogen-bond acceptors (Lipinski definition) is 5. The lowest BCUT2D eigenvalue weighted by Gasteiger charge is -2.13. The third kappa shape index (κ3) is 4.20. The molecular weight excluding hydrogens is 384 g/mol. The minimum absolute atomic E-state index is 0.164. The predicted molar refractivity (Wildman–Crippen MR) is 107 cm³/mol. The van der Waals surface area contributed by atoms with Gasteiger partial charge in [-0.3, -0.25) is 14.2 Å². The van der Waals surface area contributed by atoms with Gasteiger partial charge in [0, 0.05) is 18.3 Å². The van der Waals surface area contributed by atoms with Gasteiger partial charge < -0.3 is 5.32 Å². The molecule has 0 unspecified atom stereocenters. The van der Waals surface area contributed by atoms with Crippen LogP contribution in [0.3, 0.4) is 0 Å². The van der Waals surface area contributed by atoms with Crippen LogP contribution >= 0.6 is 11.3 Å². The Bertz CT molecular complexity index is 1070. The average molecular weight is 405 g/mol. The van der Waals surface area contributed by atoms with Gasteiger partial charge in [0.15, 0.2) is 0 Å². The highest BCUT2D eigenvalue weighted by Crippen LogP contribution is 2.26. The highest BCUT2D eigenvalue weighted by Gasteiger charge is 2.18. The Morgan fingerprint density at radius 1 is 1.15 bits per heavy atom. The van der Waals surface area contributed by atoms with Crippen LogP contribution in [0.15, 0.2) is 46.0 Å². The maximum absolute atomic E-state index is 12.5. The summed E-state index contributed by atoms with van der Waals surface area (Å²) in [5.41, 5.74) is 3.32. The van der Waals surface area contributed by atoms with Crippen molar-refractivity contribution in [1.82, 2.24) is 9.78 Å². The van der Waals surface area contributed by atoms with Gasteiger partial charge in [0.05, 0.1) is 23.5 Å². The van der Waals surface area contributed by atoms with Crippen molar-refractivity contribution in [2.45, 2.75) is 24.5 Å². The van der Waals surface area contributed by atoms with Crippen molar-refractivity contribution in [2.75, 3.05) is 10.0 Å². The number of anilines is 2. The van der Waals surface area contributed by atoms with E-state index in [1.165, 1.54) is 6.07 Å². The second-order valence-electron chi connectivity index (χ2n) is 6.08. The molecule has 0 aliphatic rings. The van der Waals surface area contributed by atoms with Gasteiger partial charge in [-0.2, -0.15) is 5.10 Å². The van der Waals surface area contributed by atoms with Crippen molar-refractivity contribution in [3.8, 4) is 0 Å². The Kier molecular flexibility index (Phi) is 5.33. The van der Waals surface area contributed by atoms with E-state index in [9.17, 15) is 13.2 Å². The molecule has 27 heavy (non-hydrogen) atoms. The average Bonchev–Trinajstić information content (AvgIpc) is 3.22. The van der Waals surface area contributed by atoms with Crippen LogP contribution in [0.5, 0.6) is 0 Å². The van der Waals surface area contributed by atoms with Crippen LogP contribution in [0.4, 0.5) is 11.4 Å². The second-order valence-corrected chi connectivity index (χ2v) is 8.94. The normalized spacial score (nSPS) is 11.4. The first kappa shape index (κ1) is 19.1. The number of thiophene rings is 1. The summed E-state index contributed by atoms with van der Waals surface area (Å²) in [6.45, 7) is 3.77. The number of benzene rings is 1. The van der Waals surface area contributed by atoms with Crippen molar-refractivity contribution in [3.63, 3.8) is 0 Å². The number of aromatic nitrogens is 2. The third-order valence-corrected chi connectivity index (χ3v) is 6.96. The third-order valence-electron chi connectivity index (χ3n) is 4.20. The van der Waals surface area contributed by atoms with Crippen molar-refractivity contribution >= 4 is 38.6 Å². The minimum Gasteiger partial charge on any atom is -0.324 e. The lowest BCUT2D eigenvalue weighted by molar-refractivity contribution is -0.115. The number of nitrogens with one attached hydrogen (secondary N) is 2. The number of aryl methyl sites for hydroxylation is 2. The summed E-state index contributed by atoms with van der Waals surface area (Å²) >= 11 is 1.13. The van der Waals surface area contributed by atoms with E-state index in [1.54, 1.807) is 40.4 Å². The molecule has 7 nitrogen and oxygen atoms in total. The first-order valence-electron chi connectivity index (χ1n) is 8.22. The van der Waals surface area contributed by atoms with Crippen LogP contribution in [0, 0.1) is 13.8 Å². The summed E-state index contributed by atoms with van der Waals surface area (Å²) in [5.74, 6) is -0.239. The van der Waals surface area contributed by atoms with Crippen LogP contribution < -0.4 is 10.0 Å². The lowest BCUT2D eigenvalue weighted by Crippen LogP contribution is -2.18. The highest BCUT2D eigenvalue weighted by molar-refractivity contribution is 7.94. The van der Waals surface area contributed by atoms with E-state index < -0.39 is 10.0 Å². The molecule has 1 aromatic carbocycles. The number of carbonyl (C=O) groups is 1. The highest BCUT2D eigenvalue weighted by atomic mass is 32.2. The largest absolute Gasteiger partial charge is 0.324 e. The van der Waals surface area contributed by atoms with Gasteiger partial charge in [-0.1, -0.05) is 18.2 Å². The number of para-hydroxylation sites is 2. The Morgan fingerprint density at radius 3 is 2.44 bits per heavy atom. The standard InChI is InChI=1S/C18H20N4O3S2/c1-12-14(13(2)22(3)20-12)11-17(23)19-15-7-4-5-8-16(15)21-27(24,25)18-9-6-10-26-18/h4-10,21H,11H2,1-3H3,(H,19,23). The Hall–Kier alpha value is -2.65. The summed E-state index contributed by atoms with van der Waals surface area (Å²) in [5, 5.41) is 8.80. The number of carbonyl (C=O) groups excluding carboxylic acids is 1. The van der Waals surface area contributed by atoms with Crippen molar-refractivity contribution in [1.29, 1.82) is 0 Å². The van der Waals surface area contributed by atoms with Crippen LogP contribution in [-0.2, 0) is 28.3 Å². The van der Waals surface area contributed by atoms with E-state index in [1.807, 2.05) is 20.9 Å². The zero-order valence-corrected chi connectivity index (χ0v) is 16.8. The molecule has 0 bridgehead atoms. The number of hydrogen-bond donors (Lipinski definition) is 2. The molecule has 0 radical (unpaired) electrons. The van der Waals surface area contributed by atoms with Gasteiger partial charge in [0.2, 0.25) is 5.91 Å². The number of amides is 1. The van der Waals surface area contributed by atoms with E-state index in [0.29, 0.717) is 11.4 Å². The maximum Gasteiger partial charge on any atom is 0.271 e. The molecule has 0 fully saturated rings. The summed E-state index contributed by atoms with van der Waals surface area (Å²) in [6, 6.07) is 9.92. The summed E-state index contributed by atoms with van der Waals surface area (Å²) < 4.78 is 29.4.